The Hall–Kier alpha value is -0.610. The molecule has 2 unspecified atom stereocenters. The van der Waals surface area contributed by atoms with Crippen LogP contribution >= 0.6 is 0 Å². The summed E-state index contributed by atoms with van der Waals surface area (Å²) in [6, 6.07) is 0.231. The zero-order valence-electron chi connectivity index (χ0n) is 8.32. The van der Waals surface area contributed by atoms with E-state index in [0.717, 1.165) is 0 Å². The van der Waals surface area contributed by atoms with Crippen LogP contribution in [0.1, 0.15) is 26.7 Å². The lowest BCUT2D eigenvalue weighted by molar-refractivity contribution is -0.167. The highest BCUT2D eigenvalue weighted by molar-refractivity contribution is 5.77. The number of likely N-dealkylation sites (tertiary alicyclic amines) is 1. The van der Waals surface area contributed by atoms with Gasteiger partial charge in [0, 0.05) is 24.9 Å². The summed E-state index contributed by atoms with van der Waals surface area (Å²) in [6.07, 6.45) is 0.617. The minimum Gasteiger partial charge on any atom is -0.479 e. The molecule has 0 aromatic carbocycles. The van der Waals surface area contributed by atoms with Gasteiger partial charge in [0.15, 0.2) is 5.60 Å². The van der Waals surface area contributed by atoms with Crippen molar-refractivity contribution >= 4 is 5.97 Å². The molecule has 0 amide bonds. The Morgan fingerprint density at radius 3 is 2.08 bits per heavy atom. The standard InChI is InChI=1S/C9H17NO3/c1-6-4-9(13,8(11)12)5-7(2)10(6)3/h6-7,13H,4-5H2,1-3H3,(H,11,12). The summed E-state index contributed by atoms with van der Waals surface area (Å²) in [5.41, 5.74) is -1.52. The van der Waals surface area contributed by atoms with Crippen molar-refractivity contribution in [3.05, 3.63) is 0 Å². The first-order valence-electron chi connectivity index (χ1n) is 4.54. The normalized spacial score (nSPS) is 41.8. The lowest BCUT2D eigenvalue weighted by atomic mass is 9.83. The molecule has 0 bridgehead atoms. The first-order chi connectivity index (χ1) is 5.87. The molecule has 1 aliphatic rings. The van der Waals surface area contributed by atoms with Gasteiger partial charge in [-0.2, -0.15) is 0 Å². The van der Waals surface area contributed by atoms with Gasteiger partial charge < -0.3 is 15.1 Å². The first kappa shape index (κ1) is 10.5. The third-order valence-corrected chi connectivity index (χ3v) is 3.05. The van der Waals surface area contributed by atoms with E-state index in [-0.39, 0.29) is 12.1 Å². The molecule has 0 aromatic rings. The van der Waals surface area contributed by atoms with Crippen LogP contribution in [-0.2, 0) is 4.79 Å². The maximum absolute atomic E-state index is 10.8. The fourth-order valence-electron chi connectivity index (χ4n) is 1.96. The Bertz CT molecular complexity index is 205. The van der Waals surface area contributed by atoms with Gasteiger partial charge in [-0.05, 0) is 20.9 Å². The van der Waals surface area contributed by atoms with Gasteiger partial charge in [0.1, 0.15) is 0 Å². The van der Waals surface area contributed by atoms with E-state index in [9.17, 15) is 9.90 Å². The molecular formula is C9H17NO3. The molecule has 1 aliphatic heterocycles. The Morgan fingerprint density at radius 2 is 1.77 bits per heavy atom. The number of aliphatic carboxylic acids is 1. The van der Waals surface area contributed by atoms with Crippen LogP contribution < -0.4 is 0 Å². The maximum Gasteiger partial charge on any atom is 0.335 e. The summed E-state index contributed by atoms with van der Waals surface area (Å²) in [5, 5.41) is 18.6. The van der Waals surface area contributed by atoms with Crippen molar-refractivity contribution < 1.29 is 15.0 Å². The van der Waals surface area contributed by atoms with Gasteiger partial charge >= 0.3 is 5.97 Å². The lowest BCUT2D eigenvalue weighted by Crippen LogP contribution is -2.55. The molecule has 1 fully saturated rings. The van der Waals surface area contributed by atoms with Gasteiger partial charge in [0.05, 0.1) is 0 Å². The molecular weight excluding hydrogens is 170 g/mol. The second kappa shape index (κ2) is 3.27. The third-order valence-electron chi connectivity index (χ3n) is 3.05. The number of hydrogen-bond donors (Lipinski definition) is 2. The lowest BCUT2D eigenvalue weighted by Gasteiger charge is -2.42. The van der Waals surface area contributed by atoms with Crippen molar-refractivity contribution in [3.8, 4) is 0 Å². The zero-order valence-corrected chi connectivity index (χ0v) is 8.32. The molecule has 0 spiro atoms. The van der Waals surface area contributed by atoms with Gasteiger partial charge in [-0.15, -0.1) is 0 Å². The van der Waals surface area contributed by atoms with Crippen molar-refractivity contribution in [3.63, 3.8) is 0 Å². The number of hydrogen-bond acceptors (Lipinski definition) is 3. The van der Waals surface area contributed by atoms with Crippen LogP contribution in [-0.4, -0.2) is 45.8 Å². The maximum atomic E-state index is 10.8. The molecule has 2 N–H and O–H groups in total. The molecule has 76 valence electrons. The number of nitrogens with zero attached hydrogens (tertiary/aromatic N) is 1. The zero-order chi connectivity index (χ0) is 10.2. The fraction of sp³-hybridized carbons (Fsp3) is 0.889. The molecule has 2 atom stereocenters. The summed E-state index contributed by atoms with van der Waals surface area (Å²) >= 11 is 0. The average molecular weight is 187 g/mol. The summed E-state index contributed by atoms with van der Waals surface area (Å²) in [5.74, 6) is -1.10. The Balaban J connectivity index is 2.79. The number of piperidine rings is 1. The highest BCUT2D eigenvalue weighted by atomic mass is 16.4. The molecule has 4 nitrogen and oxygen atoms in total. The van der Waals surface area contributed by atoms with E-state index >= 15 is 0 Å². The van der Waals surface area contributed by atoms with Crippen molar-refractivity contribution in [1.82, 2.24) is 4.90 Å². The predicted octanol–water partition coefficient (Wildman–Crippen LogP) is 0.305. The minimum atomic E-state index is -1.52. The second-order valence-corrected chi connectivity index (χ2v) is 4.11. The van der Waals surface area contributed by atoms with Crippen molar-refractivity contribution in [1.29, 1.82) is 0 Å². The minimum absolute atomic E-state index is 0.116. The molecule has 1 heterocycles. The first-order valence-corrected chi connectivity index (χ1v) is 4.54. The largest absolute Gasteiger partial charge is 0.479 e. The van der Waals surface area contributed by atoms with Crippen molar-refractivity contribution in [2.45, 2.75) is 44.4 Å². The monoisotopic (exact) mass is 187 g/mol. The molecule has 0 saturated carbocycles. The SMILES string of the molecule is CC1CC(O)(C(=O)O)CC(C)N1C. The highest BCUT2D eigenvalue weighted by Gasteiger charge is 2.44. The Kier molecular flexibility index (Phi) is 2.63. The van der Waals surface area contributed by atoms with Crippen LogP contribution in [0.25, 0.3) is 0 Å². The topological polar surface area (TPSA) is 60.8 Å². The van der Waals surface area contributed by atoms with E-state index in [1.54, 1.807) is 0 Å². The third kappa shape index (κ3) is 1.84. The van der Waals surface area contributed by atoms with E-state index in [4.69, 9.17) is 5.11 Å². The van der Waals surface area contributed by atoms with Gasteiger partial charge in [0.2, 0.25) is 0 Å². The molecule has 0 aromatic heterocycles. The van der Waals surface area contributed by atoms with Crippen molar-refractivity contribution in [2.24, 2.45) is 0 Å². The second-order valence-electron chi connectivity index (χ2n) is 4.11. The Morgan fingerprint density at radius 1 is 1.38 bits per heavy atom. The number of aliphatic hydroxyl groups is 1. The van der Waals surface area contributed by atoms with E-state index in [2.05, 4.69) is 4.90 Å². The van der Waals surface area contributed by atoms with Crippen LogP contribution in [0.3, 0.4) is 0 Å². The quantitative estimate of drug-likeness (QED) is 0.620. The van der Waals surface area contributed by atoms with Crippen LogP contribution in [0.4, 0.5) is 0 Å². The number of carbonyl (C=O) groups is 1. The summed E-state index contributed by atoms with van der Waals surface area (Å²) in [7, 11) is 1.96. The van der Waals surface area contributed by atoms with Gasteiger partial charge in [-0.3, -0.25) is 0 Å². The van der Waals surface area contributed by atoms with Gasteiger partial charge in [-0.1, -0.05) is 0 Å². The molecule has 1 saturated heterocycles. The van der Waals surface area contributed by atoms with E-state index in [1.165, 1.54) is 0 Å². The van der Waals surface area contributed by atoms with Crippen LogP contribution in [0.2, 0.25) is 0 Å². The summed E-state index contributed by atoms with van der Waals surface area (Å²) in [4.78, 5) is 12.9. The van der Waals surface area contributed by atoms with Crippen LogP contribution in [0.15, 0.2) is 0 Å². The van der Waals surface area contributed by atoms with Crippen molar-refractivity contribution in [2.75, 3.05) is 7.05 Å². The van der Waals surface area contributed by atoms with E-state index in [0.29, 0.717) is 12.8 Å². The Labute approximate surface area is 78.2 Å². The smallest absolute Gasteiger partial charge is 0.335 e. The average Bonchev–Trinajstić information content (AvgIpc) is 2.00. The van der Waals surface area contributed by atoms with E-state index < -0.39 is 11.6 Å². The number of carboxylic acid groups (broad SMARTS) is 1. The molecule has 0 radical (unpaired) electrons. The van der Waals surface area contributed by atoms with Gasteiger partial charge in [-0.25, -0.2) is 4.79 Å². The fourth-order valence-corrected chi connectivity index (χ4v) is 1.96. The molecule has 4 heteroatoms. The molecule has 13 heavy (non-hydrogen) atoms. The number of carboxylic acids is 1. The van der Waals surface area contributed by atoms with E-state index in [1.807, 2.05) is 20.9 Å². The van der Waals surface area contributed by atoms with Crippen LogP contribution in [0, 0.1) is 0 Å². The summed E-state index contributed by atoms with van der Waals surface area (Å²) < 4.78 is 0. The van der Waals surface area contributed by atoms with Gasteiger partial charge in [0.25, 0.3) is 0 Å². The molecule has 1 rings (SSSR count). The number of rotatable bonds is 1. The predicted molar refractivity (Wildman–Crippen MR) is 48.5 cm³/mol. The molecule has 0 aliphatic carbocycles. The highest BCUT2D eigenvalue weighted by Crippen LogP contribution is 2.30. The van der Waals surface area contributed by atoms with Crippen LogP contribution in [0.5, 0.6) is 0 Å². The summed E-state index contributed by atoms with van der Waals surface area (Å²) in [6.45, 7) is 3.87.